The number of aryl methyl sites for hydroxylation is 1. The van der Waals surface area contributed by atoms with Crippen LogP contribution in [0.4, 0.5) is 5.69 Å². The monoisotopic (exact) mass is 180 g/mol. The Hall–Kier alpha value is -1.58. The van der Waals surface area contributed by atoms with Crippen molar-refractivity contribution in [2.45, 2.75) is 6.92 Å². The molecule has 4 nitrogen and oxygen atoms in total. The molecular weight excluding hydrogens is 168 g/mol. The third kappa shape index (κ3) is 1.96. The molecule has 1 heterocycles. The fourth-order valence-corrected chi connectivity index (χ4v) is 1.07. The molecule has 0 spiro atoms. The predicted octanol–water partition coefficient (Wildman–Crippen LogP) is 1.15. The number of aromatic nitrogens is 1. The van der Waals surface area contributed by atoms with Gasteiger partial charge in [0.2, 0.25) is 0 Å². The van der Waals surface area contributed by atoms with Crippen molar-refractivity contribution >= 4 is 11.7 Å². The van der Waals surface area contributed by atoms with Crippen molar-refractivity contribution in [3.8, 4) is 0 Å². The lowest BCUT2D eigenvalue weighted by atomic mass is 10.2. The van der Waals surface area contributed by atoms with Crippen LogP contribution in [-0.4, -0.2) is 30.2 Å². The first-order valence-electron chi connectivity index (χ1n) is 3.90. The van der Waals surface area contributed by atoms with E-state index in [1.54, 1.807) is 38.1 Å². The maximum atomic E-state index is 10.8. The van der Waals surface area contributed by atoms with E-state index < -0.39 is 5.97 Å². The van der Waals surface area contributed by atoms with E-state index in [0.717, 1.165) is 0 Å². The zero-order chi connectivity index (χ0) is 10.0. The molecular formula is C9H12N2O2. The Morgan fingerprint density at radius 3 is 2.54 bits per heavy atom. The van der Waals surface area contributed by atoms with Gasteiger partial charge in [-0.1, -0.05) is 0 Å². The molecule has 0 unspecified atom stereocenters. The van der Waals surface area contributed by atoms with Crippen LogP contribution in [0.1, 0.15) is 16.2 Å². The van der Waals surface area contributed by atoms with Gasteiger partial charge in [-0.15, -0.1) is 0 Å². The van der Waals surface area contributed by atoms with Crippen LogP contribution in [0.2, 0.25) is 0 Å². The fraction of sp³-hybridized carbons (Fsp3) is 0.333. The molecule has 0 saturated heterocycles. The van der Waals surface area contributed by atoms with Gasteiger partial charge in [0, 0.05) is 19.8 Å². The molecule has 0 radical (unpaired) electrons. The van der Waals surface area contributed by atoms with E-state index in [0.29, 0.717) is 11.4 Å². The molecule has 0 aromatic carbocycles. The number of hydrogen-bond donors (Lipinski definition) is 1. The van der Waals surface area contributed by atoms with Crippen LogP contribution in [0.15, 0.2) is 12.1 Å². The Morgan fingerprint density at radius 1 is 1.46 bits per heavy atom. The van der Waals surface area contributed by atoms with Crippen molar-refractivity contribution in [3.05, 3.63) is 23.5 Å². The molecule has 0 aliphatic carbocycles. The molecule has 0 aliphatic rings. The second-order valence-electron chi connectivity index (χ2n) is 3.02. The van der Waals surface area contributed by atoms with Crippen molar-refractivity contribution in [1.82, 2.24) is 4.98 Å². The average molecular weight is 180 g/mol. The van der Waals surface area contributed by atoms with Crippen molar-refractivity contribution < 1.29 is 9.90 Å². The summed E-state index contributed by atoms with van der Waals surface area (Å²) in [7, 11) is 3.58. The van der Waals surface area contributed by atoms with E-state index in [4.69, 9.17) is 5.11 Å². The summed E-state index contributed by atoms with van der Waals surface area (Å²) in [6.45, 7) is 1.77. The first-order chi connectivity index (χ1) is 6.02. The SMILES string of the molecule is Cc1ccc(N(C)C)c(C(=O)O)n1. The molecule has 13 heavy (non-hydrogen) atoms. The molecule has 70 valence electrons. The van der Waals surface area contributed by atoms with Gasteiger partial charge in [0.25, 0.3) is 0 Å². The molecule has 4 heteroatoms. The minimum absolute atomic E-state index is 0.102. The summed E-state index contributed by atoms with van der Waals surface area (Å²) in [5, 5.41) is 8.85. The van der Waals surface area contributed by atoms with Crippen molar-refractivity contribution in [2.75, 3.05) is 19.0 Å². The van der Waals surface area contributed by atoms with Gasteiger partial charge < -0.3 is 10.0 Å². The van der Waals surface area contributed by atoms with E-state index >= 15 is 0 Å². The molecule has 0 fully saturated rings. The summed E-state index contributed by atoms with van der Waals surface area (Å²) < 4.78 is 0. The zero-order valence-corrected chi connectivity index (χ0v) is 7.90. The third-order valence-corrected chi connectivity index (χ3v) is 1.70. The summed E-state index contributed by atoms with van der Waals surface area (Å²) in [4.78, 5) is 16.5. The lowest BCUT2D eigenvalue weighted by Gasteiger charge is -2.14. The summed E-state index contributed by atoms with van der Waals surface area (Å²) in [6.07, 6.45) is 0. The minimum atomic E-state index is -0.993. The van der Waals surface area contributed by atoms with Crippen LogP contribution < -0.4 is 4.90 Å². The van der Waals surface area contributed by atoms with Gasteiger partial charge in [-0.3, -0.25) is 0 Å². The van der Waals surface area contributed by atoms with Gasteiger partial charge in [0.05, 0.1) is 5.69 Å². The topological polar surface area (TPSA) is 53.4 Å². The molecule has 0 atom stereocenters. The second-order valence-corrected chi connectivity index (χ2v) is 3.02. The van der Waals surface area contributed by atoms with Crippen LogP contribution in [0.25, 0.3) is 0 Å². The minimum Gasteiger partial charge on any atom is -0.476 e. The number of carboxylic acids is 1. The largest absolute Gasteiger partial charge is 0.476 e. The number of nitrogens with zero attached hydrogens (tertiary/aromatic N) is 2. The Balaban J connectivity index is 3.27. The standard InChI is InChI=1S/C9H12N2O2/c1-6-4-5-7(11(2)3)8(10-6)9(12)13/h4-5H,1-3H3,(H,12,13). The highest BCUT2D eigenvalue weighted by Gasteiger charge is 2.12. The maximum absolute atomic E-state index is 10.8. The Bertz CT molecular complexity index is 334. The number of anilines is 1. The second kappa shape index (κ2) is 3.43. The smallest absolute Gasteiger partial charge is 0.356 e. The number of carbonyl (C=O) groups is 1. The lowest BCUT2D eigenvalue weighted by molar-refractivity contribution is 0.0691. The van der Waals surface area contributed by atoms with E-state index in [1.807, 2.05) is 0 Å². The van der Waals surface area contributed by atoms with E-state index in [9.17, 15) is 4.79 Å². The zero-order valence-electron chi connectivity index (χ0n) is 7.90. The Labute approximate surface area is 76.8 Å². The van der Waals surface area contributed by atoms with Crippen LogP contribution in [0.5, 0.6) is 0 Å². The predicted molar refractivity (Wildman–Crippen MR) is 50.3 cm³/mol. The summed E-state index contributed by atoms with van der Waals surface area (Å²) in [6, 6.07) is 3.55. The van der Waals surface area contributed by atoms with Gasteiger partial charge in [-0.25, -0.2) is 9.78 Å². The van der Waals surface area contributed by atoms with Crippen molar-refractivity contribution in [1.29, 1.82) is 0 Å². The molecule has 1 aromatic rings. The number of aromatic carboxylic acids is 1. The normalized spacial score (nSPS) is 9.77. The van der Waals surface area contributed by atoms with Gasteiger partial charge in [-0.2, -0.15) is 0 Å². The van der Waals surface area contributed by atoms with Gasteiger partial charge in [0.15, 0.2) is 5.69 Å². The first-order valence-corrected chi connectivity index (χ1v) is 3.90. The van der Waals surface area contributed by atoms with Crippen molar-refractivity contribution in [2.24, 2.45) is 0 Å². The third-order valence-electron chi connectivity index (χ3n) is 1.70. The van der Waals surface area contributed by atoms with Crippen LogP contribution in [-0.2, 0) is 0 Å². The molecule has 0 aliphatic heterocycles. The molecule has 0 bridgehead atoms. The van der Waals surface area contributed by atoms with Gasteiger partial charge in [0.1, 0.15) is 0 Å². The van der Waals surface area contributed by atoms with Crippen molar-refractivity contribution in [3.63, 3.8) is 0 Å². The van der Waals surface area contributed by atoms with E-state index in [2.05, 4.69) is 4.98 Å². The summed E-state index contributed by atoms with van der Waals surface area (Å²) in [5.41, 5.74) is 1.44. The number of carboxylic acid groups (broad SMARTS) is 1. The van der Waals surface area contributed by atoms with Crippen LogP contribution in [0.3, 0.4) is 0 Å². The highest BCUT2D eigenvalue weighted by Crippen LogP contribution is 2.16. The van der Waals surface area contributed by atoms with Crippen LogP contribution >= 0.6 is 0 Å². The molecule has 0 amide bonds. The molecule has 1 N–H and O–H groups in total. The Morgan fingerprint density at radius 2 is 2.08 bits per heavy atom. The highest BCUT2D eigenvalue weighted by molar-refractivity contribution is 5.92. The van der Waals surface area contributed by atoms with Gasteiger partial charge in [-0.05, 0) is 19.1 Å². The van der Waals surface area contributed by atoms with E-state index in [1.165, 1.54) is 0 Å². The average Bonchev–Trinajstić information content (AvgIpc) is 2.03. The lowest BCUT2D eigenvalue weighted by Crippen LogP contribution is -2.15. The molecule has 0 saturated carbocycles. The first kappa shape index (κ1) is 9.51. The number of rotatable bonds is 2. The maximum Gasteiger partial charge on any atom is 0.356 e. The number of hydrogen-bond acceptors (Lipinski definition) is 3. The van der Waals surface area contributed by atoms with Gasteiger partial charge >= 0.3 is 5.97 Å². The number of pyridine rings is 1. The highest BCUT2D eigenvalue weighted by atomic mass is 16.4. The van der Waals surface area contributed by atoms with Crippen LogP contribution in [0, 0.1) is 6.92 Å². The quantitative estimate of drug-likeness (QED) is 0.741. The Kier molecular flexibility index (Phi) is 2.51. The summed E-state index contributed by atoms with van der Waals surface area (Å²) >= 11 is 0. The molecule has 1 rings (SSSR count). The summed E-state index contributed by atoms with van der Waals surface area (Å²) in [5.74, 6) is -0.993. The fourth-order valence-electron chi connectivity index (χ4n) is 1.07. The van der Waals surface area contributed by atoms with E-state index in [-0.39, 0.29) is 5.69 Å². The molecule has 1 aromatic heterocycles.